The molecule has 1 aliphatic rings. The second kappa shape index (κ2) is 8.48. The average Bonchev–Trinajstić information content (AvgIpc) is 3.47. The molecule has 7 nitrogen and oxygen atoms in total. The van der Waals surface area contributed by atoms with Crippen LogP contribution in [0.2, 0.25) is 0 Å². The Labute approximate surface area is 155 Å². The van der Waals surface area contributed by atoms with Gasteiger partial charge in [0, 0.05) is 24.2 Å². The van der Waals surface area contributed by atoms with Gasteiger partial charge < -0.3 is 15.4 Å². The number of ether oxygens (including phenoxy) is 1. The lowest BCUT2D eigenvalue weighted by Crippen LogP contribution is -2.25. The van der Waals surface area contributed by atoms with E-state index in [1.165, 1.54) is 18.2 Å². The van der Waals surface area contributed by atoms with Crippen molar-refractivity contribution >= 4 is 17.3 Å². The zero-order valence-corrected chi connectivity index (χ0v) is 14.6. The quantitative estimate of drug-likeness (QED) is 0.399. The van der Waals surface area contributed by atoms with Crippen LogP contribution in [0, 0.1) is 15.9 Å². The van der Waals surface area contributed by atoms with Gasteiger partial charge in [-0.25, -0.2) is 4.39 Å². The first-order chi connectivity index (χ1) is 13.0. The van der Waals surface area contributed by atoms with Crippen LogP contribution >= 0.6 is 0 Å². The van der Waals surface area contributed by atoms with Gasteiger partial charge in [-0.2, -0.15) is 0 Å². The molecule has 1 aliphatic carbocycles. The van der Waals surface area contributed by atoms with Crippen molar-refractivity contribution in [3.8, 4) is 5.75 Å². The SMILES string of the molecule is O=C(NCCCOc1ccccc1F)c1ccc(NC2CC2)c([N+](=O)[O-])c1. The molecule has 0 aromatic heterocycles. The van der Waals surface area contributed by atoms with Crippen molar-refractivity contribution in [2.45, 2.75) is 25.3 Å². The molecule has 0 aliphatic heterocycles. The largest absolute Gasteiger partial charge is 0.490 e. The van der Waals surface area contributed by atoms with Gasteiger partial charge >= 0.3 is 0 Å². The van der Waals surface area contributed by atoms with Gasteiger partial charge in [0.1, 0.15) is 5.69 Å². The van der Waals surface area contributed by atoms with Gasteiger partial charge in [-0.3, -0.25) is 14.9 Å². The predicted octanol–water partition coefficient (Wildman–Crippen LogP) is 3.51. The first-order valence-electron chi connectivity index (χ1n) is 8.75. The molecule has 2 aromatic rings. The summed E-state index contributed by atoms with van der Waals surface area (Å²) in [7, 11) is 0. The number of anilines is 1. The number of amides is 1. The molecule has 2 aromatic carbocycles. The molecule has 0 unspecified atom stereocenters. The Kier molecular flexibility index (Phi) is 5.85. The fraction of sp³-hybridized carbons (Fsp3) is 0.316. The highest BCUT2D eigenvalue weighted by molar-refractivity contribution is 5.95. The van der Waals surface area contributed by atoms with Crippen molar-refractivity contribution in [2.24, 2.45) is 0 Å². The Bertz CT molecular complexity index is 839. The zero-order chi connectivity index (χ0) is 19.2. The zero-order valence-electron chi connectivity index (χ0n) is 14.6. The van der Waals surface area contributed by atoms with Gasteiger partial charge in [0.05, 0.1) is 11.5 Å². The van der Waals surface area contributed by atoms with E-state index in [2.05, 4.69) is 10.6 Å². The number of nitrogens with one attached hydrogen (secondary N) is 2. The van der Waals surface area contributed by atoms with Gasteiger partial charge in [0.15, 0.2) is 11.6 Å². The molecule has 0 radical (unpaired) electrons. The van der Waals surface area contributed by atoms with Crippen LogP contribution in [0.25, 0.3) is 0 Å². The van der Waals surface area contributed by atoms with Crippen molar-refractivity contribution in [3.63, 3.8) is 0 Å². The molecule has 0 bridgehead atoms. The third-order valence-corrected chi connectivity index (χ3v) is 4.09. The van der Waals surface area contributed by atoms with Crippen LogP contribution in [0.4, 0.5) is 15.8 Å². The number of carbonyl (C=O) groups excluding carboxylic acids is 1. The van der Waals surface area contributed by atoms with Crippen LogP contribution in [0.3, 0.4) is 0 Å². The van der Waals surface area contributed by atoms with E-state index in [4.69, 9.17) is 4.74 Å². The lowest BCUT2D eigenvalue weighted by molar-refractivity contribution is -0.384. The van der Waals surface area contributed by atoms with Crippen molar-refractivity contribution in [1.82, 2.24) is 5.32 Å². The van der Waals surface area contributed by atoms with E-state index in [0.29, 0.717) is 18.7 Å². The molecule has 142 valence electrons. The molecule has 27 heavy (non-hydrogen) atoms. The molecule has 1 fully saturated rings. The standard InChI is InChI=1S/C19H20FN3O4/c20-15-4-1-2-5-18(15)27-11-3-10-21-19(24)13-6-9-16(22-14-7-8-14)17(12-13)23(25)26/h1-2,4-6,9,12,14,22H,3,7-8,10-11H2,(H,21,24). The van der Waals surface area contributed by atoms with Crippen LogP contribution < -0.4 is 15.4 Å². The molecular weight excluding hydrogens is 353 g/mol. The number of hydrogen-bond donors (Lipinski definition) is 2. The maximum absolute atomic E-state index is 13.4. The average molecular weight is 373 g/mol. The first kappa shape index (κ1) is 18.6. The first-order valence-corrected chi connectivity index (χ1v) is 8.75. The number of nitrogens with zero attached hydrogens (tertiary/aromatic N) is 1. The van der Waals surface area contributed by atoms with Gasteiger partial charge in [-0.15, -0.1) is 0 Å². The number of carbonyl (C=O) groups is 1. The van der Waals surface area contributed by atoms with E-state index < -0.39 is 16.6 Å². The van der Waals surface area contributed by atoms with Crippen LogP contribution in [-0.4, -0.2) is 30.0 Å². The lowest BCUT2D eigenvalue weighted by Gasteiger charge is -2.09. The number of benzene rings is 2. The lowest BCUT2D eigenvalue weighted by atomic mass is 10.1. The summed E-state index contributed by atoms with van der Waals surface area (Å²) in [6.45, 7) is 0.550. The van der Waals surface area contributed by atoms with E-state index >= 15 is 0 Å². The maximum atomic E-state index is 13.4. The maximum Gasteiger partial charge on any atom is 0.293 e. The summed E-state index contributed by atoms with van der Waals surface area (Å²) in [4.78, 5) is 22.9. The molecule has 1 saturated carbocycles. The number of nitro benzene ring substituents is 1. The van der Waals surface area contributed by atoms with Crippen molar-refractivity contribution in [1.29, 1.82) is 0 Å². The minimum atomic E-state index is -0.496. The Morgan fingerprint density at radius 3 is 2.74 bits per heavy atom. The second-order valence-electron chi connectivity index (χ2n) is 6.30. The molecule has 0 saturated heterocycles. The molecule has 8 heteroatoms. The Balaban J connectivity index is 1.49. The minimum Gasteiger partial charge on any atom is -0.490 e. The molecule has 0 heterocycles. The molecule has 2 N–H and O–H groups in total. The van der Waals surface area contributed by atoms with E-state index in [0.717, 1.165) is 12.8 Å². The Morgan fingerprint density at radius 1 is 1.26 bits per heavy atom. The van der Waals surface area contributed by atoms with E-state index in [-0.39, 0.29) is 29.6 Å². The summed E-state index contributed by atoms with van der Waals surface area (Å²) in [5.74, 6) is -0.672. The minimum absolute atomic E-state index is 0.113. The third-order valence-electron chi connectivity index (χ3n) is 4.09. The summed E-state index contributed by atoms with van der Waals surface area (Å²) < 4.78 is 18.7. The van der Waals surface area contributed by atoms with Crippen molar-refractivity contribution < 1.29 is 18.8 Å². The third kappa shape index (κ3) is 5.16. The van der Waals surface area contributed by atoms with Crippen molar-refractivity contribution in [3.05, 3.63) is 64.0 Å². The fourth-order valence-corrected chi connectivity index (χ4v) is 2.51. The van der Waals surface area contributed by atoms with Crippen molar-refractivity contribution in [2.75, 3.05) is 18.5 Å². The summed E-state index contributed by atoms with van der Waals surface area (Å²) >= 11 is 0. The number of hydrogen-bond acceptors (Lipinski definition) is 5. The van der Waals surface area contributed by atoms with Crippen LogP contribution in [0.5, 0.6) is 5.75 Å². The summed E-state index contributed by atoms with van der Waals surface area (Å²) in [6.07, 6.45) is 2.46. The summed E-state index contributed by atoms with van der Waals surface area (Å²) in [5, 5.41) is 17.0. The normalized spacial score (nSPS) is 13.1. The van der Waals surface area contributed by atoms with E-state index in [9.17, 15) is 19.3 Å². The monoisotopic (exact) mass is 373 g/mol. The molecule has 0 atom stereocenters. The molecule has 0 spiro atoms. The molecular formula is C19H20FN3O4. The van der Waals surface area contributed by atoms with Crippen LogP contribution in [0.15, 0.2) is 42.5 Å². The van der Waals surface area contributed by atoms with Gasteiger partial charge in [0.2, 0.25) is 0 Å². The van der Waals surface area contributed by atoms with E-state index in [1.54, 1.807) is 24.3 Å². The van der Waals surface area contributed by atoms with Crippen LogP contribution in [-0.2, 0) is 0 Å². The van der Waals surface area contributed by atoms with Gasteiger partial charge in [-0.1, -0.05) is 12.1 Å². The predicted molar refractivity (Wildman–Crippen MR) is 98.6 cm³/mol. The Hall–Kier alpha value is -3.16. The van der Waals surface area contributed by atoms with E-state index in [1.807, 2.05) is 0 Å². The van der Waals surface area contributed by atoms with Crippen LogP contribution in [0.1, 0.15) is 29.6 Å². The topological polar surface area (TPSA) is 93.5 Å². The number of para-hydroxylation sites is 1. The molecule has 3 rings (SSSR count). The smallest absolute Gasteiger partial charge is 0.293 e. The highest BCUT2D eigenvalue weighted by Gasteiger charge is 2.25. The van der Waals surface area contributed by atoms with Gasteiger partial charge in [-0.05, 0) is 43.5 Å². The summed E-state index contributed by atoms with van der Waals surface area (Å²) in [5.41, 5.74) is 0.535. The second-order valence-corrected chi connectivity index (χ2v) is 6.30. The summed E-state index contributed by atoms with van der Waals surface area (Å²) in [6, 6.07) is 10.8. The molecule has 1 amide bonds. The van der Waals surface area contributed by atoms with Gasteiger partial charge in [0.25, 0.3) is 11.6 Å². The fourth-order valence-electron chi connectivity index (χ4n) is 2.51. The highest BCUT2D eigenvalue weighted by atomic mass is 19.1. The number of nitro groups is 1. The highest BCUT2D eigenvalue weighted by Crippen LogP contribution is 2.31. The number of halogens is 1. The Morgan fingerprint density at radius 2 is 2.04 bits per heavy atom. The number of rotatable bonds is 9.